The van der Waals surface area contributed by atoms with Crippen LogP contribution in [0.25, 0.3) is 0 Å². The van der Waals surface area contributed by atoms with Crippen molar-refractivity contribution in [2.75, 3.05) is 0 Å². The van der Waals surface area contributed by atoms with Crippen LogP contribution in [0.1, 0.15) is 12.8 Å². The minimum atomic E-state index is 0.741. The fourth-order valence-electron chi connectivity index (χ4n) is 0.572. The number of allylic oxidation sites excluding steroid dienone is 1. The molecule has 0 radical (unpaired) electrons. The molecule has 1 saturated carbocycles. The first-order valence-corrected chi connectivity index (χ1v) is 2.50. The molecule has 1 fully saturated rings. The summed E-state index contributed by atoms with van der Waals surface area (Å²) in [5, 5.41) is 14.0. The zero-order valence-corrected chi connectivity index (χ0v) is 4.20. The third-order valence-electron chi connectivity index (χ3n) is 1.14. The predicted molar refractivity (Wildman–Crippen MR) is 26.0 cm³/mol. The van der Waals surface area contributed by atoms with Crippen molar-refractivity contribution in [3.63, 3.8) is 0 Å². The summed E-state index contributed by atoms with van der Waals surface area (Å²) in [5.74, 6) is 0.741. The zero-order chi connectivity index (χ0) is 5.40. The van der Waals surface area contributed by atoms with Crippen molar-refractivity contribution < 1.29 is 0 Å². The van der Waals surface area contributed by atoms with Crippen molar-refractivity contribution >= 4 is 0 Å². The Morgan fingerprint density at radius 2 is 1.62 bits per heavy atom. The predicted octanol–water partition coefficient (Wildman–Crippen LogP) is 1.82. The smallest absolute Gasteiger partial charge is 0.107 e. The van der Waals surface area contributed by atoms with Gasteiger partial charge in [-0.1, -0.05) is 0 Å². The first-order valence-electron chi connectivity index (χ1n) is 2.50. The average Bonchev–Trinajstić information content (AvgIpc) is 2.49. The molecule has 0 aromatic carbocycles. The van der Waals surface area contributed by atoms with Crippen LogP contribution < -0.4 is 0 Å². The molecule has 0 unspecified atom stereocenters. The Kier molecular flexibility index (Phi) is 0.588. The number of hydrogen-bond donors (Lipinski definition) is 0. The van der Waals surface area contributed by atoms with Crippen LogP contribution in [0.5, 0.6) is 0 Å². The average molecular weight is 108 g/mol. The van der Waals surface area contributed by atoms with Crippen molar-refractivity contribution in [2.24, 2.45) is 20.7 Å². The highest BCUT2D eigenvalue weighted by atomic mass is 15.5. The molecule has 0 atom stereocenters. The lowest BCUT2D eigenvalue weighted by atomic mass is 10.6. The fourth-order valence-corrected chi connectivity index (χ4v) is 0.572. The van der Waals surface area contributed by atoms with Gasteiger partial charge in [0.05, 0.1) is 0 Å². The van der Waals surface area contributed by atoms with Crippen molar-refractivity contribution in [3.8, 4) is 0 Å². The van der Waals surface area contributed by atoms with Crippen molar-refractivity contribution in [2.45, 2.75) is 12.8 Å². The Balaban J connectivity index is 2.40. The van der Waals surface area contributed by atoms with Crippen LogP contribution in [-0.4, -0.2) is 0 Å². The van der Waals surface area contributed by atoms with E-state index in [1.54, 1.807) is 0 Å². The maximum absolute atomic E-state index is 3.67. The summed E-state index contributed by atoms with van der Waals surface area (Å²) in [5.41, 5.74) is 1.29. The van der Waals surface area contributed by atoms with E-state index >= 15 is 0 Å². The Labute approximate surface area is 46.0 Å². The molecule has 8 heavy (non-hydrogen) atoms. The molecule has 0 aromatic rings. The molecule has 0 aromatic heterocycles. The summed E-state index contributed by atoms with van der Waals surface area (Å²) in [6, 6.07) is 0. The molecule has 0 saturated heterocycles. The molecule has 0 amide bonds. The number of hydrogen-bond acceptors (Lipinski definition) is 4. The monoisotopic (exact) mass is 108 g/mol. The first-order chi connectivity index (χ1) is 3.97. The van der Waals surface area contributed by atoms with Gasteiger partial charge in [-0.15, -0.1) is 10.2 Å². The summed E-state index contributed by atoms with van der Waals surface area (Å²) >= 11 is 0. The summed E-state index contributed by atoms with van der Waals surface area (Å²) in [7, 11) is 0. The topological polar surface area (TPSA) is 49.4 Å². The third-order valence-corrected chi connectivity index (χ3v) is 1.14. The SMILES string of the molecule is C1CC1=C1N=NN=N1. The summed E-state index contributed by atoms with van der Waals surface area (Å²) < 4.78 is 0. The highest BCUT2D eigenvalue weighted by Gasteiger charge is 2.19. The van der Waals surface area contributed by atoms with E-state index in [4.69, 9.17) is 0 Å². The molecule has 2 rings (SSSR count). The number of nitrogens with zero attached hydrogens (tertiary/aromatic N) is 4. The van der Waals surface area contributed by atoms with Crippen LogP contribution in [0.3, 0.4) is 0 Å². The fraction of sp³-hybridized carbons (Fsp3) is 0.500. The van der Waals surface area contributed by atoms with E-state index in [1.165, 1.54) is 5.57 Å². The second-order valence-electron chi connectivity index (χ2n) is 1.81. The molecule has 40 valence electrons. The lowest BCUT2D eigenvalue weighted by molar-refractivity contribution is 1.06. The van der Waals surface area contributed by atoms with E-state index in [9.17, 15) is 0 Å². The van der Waals surface area contributed by atoms with Crippen LogP contribution >= 0.6 is 0 Å². The van der Waals surface area contributed by atoms with Gasteiger partial charge in [-0.3, -0.25) is 0 Å². The van der Waals surface area contributed by atoms with Crippen LogP contribution in [0, 0.1) is 0 Å². The molecule has 4 heteroatoms. The largest absolute Gasteiger partial charge is 0.199 e. The molecule has 0 bridgehead atoms. The van der Waals surface area contributed by atoms with Gasteiger partial charge in [0.25, 0.3) is 0 Å². The standard InChI is InChI=1S/C4H4N4/c1-2-3(1)4-5-7-8-6-4/h1-2H2. The molecule has 1 aliphatic carbocycles. The molecule has 1 heterocycles. The molecule has 2 aliphatic rings. The molecule has 0 spiro atoms. The van der Waals surface area contributed by atoms with E-state index in [1.807, 2.05) is 0 Å². The van der Waals surface area contributed by atoms with Crippen molar-refractivity contribution in [3.05, 3.63) is 11.4 Å². The van der Waals surface area contributed by atoms with Gasteiger partial charge in [0, 0.05) is 0 Å². The quantitative estimate of drug-likeness (QED) is 0.454. The normalized spacial score (nSPS) is 23.0. The molecule has 1 aliphatic heterocycles. The number of rotatable bonds is 0. The third kappa shape index (κ3) is 0.458. The van der Waals surface area contributed by atoms with E-state index in [-0.39, 0.29) is 0 Å². The highest BCUT2D eigenvalue weighted by molar-refractivity contribution is 5.23. The van der Waals surface area contributed by atoms with Gasteiger partial charge in [-0.2, -0.15) is 0 Å². The Hall–Kier alpha value is -1.06. The molecular weight excluding hydrogens is 104 g/mol. The van der Waals surface area contributed by atoms with Crippen LogP contribution in [0.4, 0.5) is 0 Å². The molecular formula is C4H4N4. The van der Waals surface area contributed by atoms with Gasteiger partial charge in [0.2, 0.25) is 0 Å². The highest BCUT2D eigenvalue weighted by Crippen LogP contribution is 2.34. The van der Waals surface area contributed by atoms with E-state index in [0.717, 1.165) is 18.7 Å². The van der Waals surface area contributed by atoms with Crippen LogP contribution in [0.2, 0.25) is 0 Å². The zero-order valence-electron chi connectivity index (χ0n) is 4.20. The van der Waals surface area contributed by atoms with Gasteiger partial charge in [0.15, 0.2) is 5.82 Å². The Morgan fingerprint density at radius 1 is 1.00 bits per heavy atom. The van der Waals surface area contributed by atoms with Crippen molar-refractivity contribution in [1.29, 1.82) is 0 Å². The molecule has 4 nitrogen and oxygen atoms in total. The van der Waals surface area contributed by atoms with Crippen molar-refractivity contribution in [1.82, 2.24) is 0 Å². The van der Waals surface area contributed by atoms with Gasteiger partial charge >= 0.3 is 0 Å². The minimum Gasteiger partial charge on any atom is -0.107 e. The van der Waals surface area contributed by atoms with E-state index in [0.29, 0.717) is 0 Å². The lowest BCUT2D eigenvalue weighted by Gasteiger charge is -1.72. The second-order valence-corrected chi connectivity index (χ2v) is 1.81. The first kappa shape index (κ1) is 3.88. The lowest BCUT2D eigenvalue weighted by Crippen LogP contribution is -1.59. The minimum absolute atomic E-state index is 0.741. The maximum Gasteiger partial charge on any atom is 0.199 e. The van der Waals surface area contributed by atoms with E-state index in [2.05, 4.69) is 20.7 Å². The van der Waals surface area contributed by atoms with Gasteiger partial charge in [-0.05, 0) is 28.9 Å². The van der Waals surface area contributed by atoms with Crippen LogP contribution in [0.15, 0.2) is 32.1 Å². The van der Waals surface area contributed by atoms with Gasteiger partial charge < -0.3 is 0 Å². The summed E-state index contributed by atoms with van der Waals surface area (Å²) in [6.45, 7) is 0. The van der Waals surface area contributed by atoms with Gasteiger partial charge in [-0.25, -0.2) is 0 Å². The van der Waals surface area contributed by atoms with E-state index < -0.39 is 0 Å². The van der Waals surface area contributed by atoms with Crippen LogP contribution in [-0.2, 0) is 0 Å². The Bertz CT molecular complexity index is 180. The maximum atomic E-state index is 3.67. The summed E-state index contributed by atoms with van der Waals surface area (Å²) in [4.78, 5) is 0. The second kappa shape index (κ2) is 1.21. The Morgan fingerprint density at radius 3 is 2.12 bits per heavy atom. The van der Waals surface area contributed by atoms with Gasteiger partial charge in [0.1, 0.15) is 0 Å². The summed E-state index contributed by atoms with van der Waals surface area (Å²) in [6.07, 6.45) is 2.26. The molecule has 0 N–H and O–H groups in total.